The zero-order valence-electron chi connectivity index (χ0n) is 13.1. The Kier molecular flexibility index (Phi) is 4.94. The SMILES string of the molecule is NNC(Cc1ccccc1)C1(N2CCCCC2)CCCC1. The van der Waals surface area contributed by atoms with Crippen LogP contribution in [0, 0.1) is 0 Å². The Labute approximate surface area is 128 Å². The van der Waals surface area contributed by atoms with Gasteiger partial charge in [0.25, 0.3) is 0 Å². The Bertz CT molecular complexity index is 419. The van der Waals surface area contributed by atoms with Crippen molar-refractivity contribution >= 4 is 0 Å². The van der Waals surface area contributed by atoms with E-state index in [2.05, 4.69) is 40.7 Å². The molecule has 1 aliphatic carbocycles. The molecular weight excluding hydrogens is 258 g/mol. The number of nitrogens with two attached hydrogens (primary N) is 1. The first-order valence-electron chi connectivity index (χ1n) is 8.60. The van der Waals surface area contributed by atoms with Gasteiger partial charge in [0.15, 0.2) is 0 Å². The second-order valence-corrected chi connectivity index (χ2v) is 6.77. The summed E-state index contributed by atoms with van der Waals surface area (Å²) in [7, 11) is 0. The number of rotatable bonds is 5. The van der Waals surface area contributed by atoms with E-state index in [1.165, 1.54) is 63.6 Å². The van der Waals surface area contributed by atoms with E-state index in [9.17, 15) is 0 Å². The molecule has 0 amide bonds. The van der Waals surface area contributed by atoms with Crippen LogP contribution in [0.1, 0.15) is 50.5 Å². The van der Waals surface area contributed by atoms with Crippen LogP contribution < -0.4 is 11.3 Å². The Morgan fingerprint density at radius 3 is 2.29 bits per heavy atom. The maximum absolute atomic E-state index is 6.02. The minimum Gasteiger partial charge on any atom is -0.296 e. The first-order chi connectivity index (χ1) is 10.3. The van der Waals surface area contributed by atoms with Gasteiger partial charge in [-0.25, -0.2) is 0 Å². The summed E-state index contributed by atoms with van der Waals surface area (Å²) in [6.45, 7) is 2.51. The molecule has 116 valence electrons. The van der Waals surface area contributed by atoms with Gasteiger partial charge in [0, 0.05) is 11.6 Å². The van der Waals surface area contributed by atoms with Crippen LogP contribution in [0.3, 0.4) is 0 Å². The van der Waals surface area contributed by atoms with Crippen LogP contribution in [0.25, 0.3) is 0 Å². The maximum Gasteiger partial charge on any atom is 0.0435 e. The van der Waals surface area contributed by atoms with E-state index in [1.807, 2.05) is 0 Å². The monoisotopic (exact) mass is 287 g/mol. The van der Waals surface area contributed by atoms with E-state index in [0.29, 0.717) is 6.04 Å². The molecule has 3 nitrogen and oxygen atoms in total. The van der Waals surface area contributed by atoms with Gasteiger partial charge in [-0.15, -0.1) is 0 Å². The van der Waals surface area contributed by atoms with E-state index < -0.39 is 0 Å². The summed E-state index contributed by atoms with van der Waals surface area (Å²) >= 11 is 0. The minimum absolute atomic E-state index is 0.283. The third-order valence-electron chi connectivity index (χ3n) is 5.59. The number of piperidine rings is 1. The summed E-state index contributed by atoms with van der Waals surface area (Å²) in [5.41, 5.74) is 4.86. The van der Waals surface area contributed by atoms with Crippen molar-refractivity contribution in [2.24, 2.45) is 5.84 Å². The quantitative estimate of drug-likeness (QED) is 0.646. The lowest BCUT2D eigenvalue weighted by Crippen LogP contribution is -2.63. The fraction of sp³-hybridized carbons (Fsp3) is 0.667. The van der Waals surface area contributed by atoms with Crippen molar-refractivity contribution in [2.45, 2.75) is 62.9 Å². The van der Waals surface area contributed by atoms with Gasteiger partial charge in [-0.3, -0.25) is 16.2 Å². The van der Waals surface area contributed by atoms with Gasteiger partial charge in [-0.2, -0.15) is 0 Å². The number of likely N-dealkylation sites (tertiary alicyclic amines) is 1. The van der Waals surface area contributed by atoms with Gasteiger partial charge < -0.3 is 0 Å². The van der Waals surface area contributed by atoms with Crippen molar-refractivity contribution in [1.82, 2.24) is 10.3 Å². The standard InChI is InChI=1S/C18H29N3/c19-20-17(15-16-9-3-1-4-10-16)18(11-5-6-12-18)21-13-7-2-8-14-21/h1,3-4,9-10,17,20H,2,5-8,11-15,19H2. The number of benzene rings is 1. The molecule has 1 aromatic carbocycles. The first-order valence-corrected chi connectivity index (χ1v) is 8.60. The predicted molar refractivity (Wildman–Crippen MR) is 87.9 cm³/mol. The van der Waals surface area contributed by atoms with Gasteiger partial charge in [0.2, 0.25) is 0 Å². The van der Waals surface area contributed by atoms with Gasteiger partial charge in [0.05, 0.1) is 0 Å². The highest BCUT2D eigenvalue weighted by Gasteiger charge is 2.45. The zero-order chi connectivity index (χ0) is 14.5. The summed E-state index contributed by atoms with van der Waals surface area (Å²) in [4.78, 5) is 2.76. The average molecular weight is 287 g/mol. The van der Waals surface area contributed by atoms with E-state index in [0.717, 1.165) is 6.42 Å². The smallest absolute Gasteiger partial charge is 0.0435 e. The van der Waals surface area contributed by atoms with Gasteiger partial charge >= 0.3 is 0 Å². The number of hydrogen-bond acceptors (Lipinski definition) is 3. The largest absolute Gasteiger partial charge is 0.296 e. The molecule has 1 atom stereocenters. The van der Waals surface area contributed by atoms with Gasteiger partial charge in [-0.05, 0) is 50.8 Å². The molecule has 0 bridgehead atoms. The molecule has 1 aliphatic heterocycles. The molecule has 0 radical (unpaired) electrons. The highest BCUT2D eigenvalue weighted by atomic mass is 15.3. The second-order valence-electron chi connectivity index (χ2n) is 6.77. The van der Waals surface area contributed by atoms with Crippen LogP contribution in [0.5, 0.6) is 0 Å². The summed E-state index contributed by atoms with van der Waals surface area (Å²) in [6, 6.07) is 11.2. The van der Waals surface area contributed by atoms with Crippen molar-refractivity contribution in [2.75, 3.05) is 13.1 Å². The molecule has 0 spiro atoms. The molecule has 1 unspecified atom stereocenters. The van der Waals surface area contributed by atoms with Crippen molar-refractivity contribution < 1.29 is 0 Å². The van der Waals surface area contributed by atoms with Crippen LogP contribution >= 0.6 is 0 Å². The van der Waals surface area contributed by atoms with Crippen molar-refractivity contribution in [3.8, 4) is 0 Å². The van der Waals surface area contributed by atoms with Crippen LogP contribution in [-0.2, 0) is 6.42 Å². The molecule has 1 aromatic rings. The number of nitrogens with one attached hydrogen (secondary N) is 1. The first kappa shape index (κ1) is 15.0. The average Bonchev–Trinajstić information content (AvgIpc) is 3.05. The fourth-order valence-corrected chi connectivity index (χ4v) is 4.47. The lowest BCUT2D eigenvalue weighted by atomic mass is 9.81. The lowest BCUT2D eigenvalue weighted by Gasteiger charge is -2.48. The molecule has 2 fully saturated rings. The van der Waals surface area contributed by atoms with Crippen LogP contribution in [0.2, 0.25) is 0 Å². The molecule has 3 rings (SSSR count). The summed E-state index contributed by atoms with van der Waals surface area (Å²) in [5, 5.41) is 0. The minimum atomic E-state index is 0.283. The highest BCUT2D eigenvalue weighted by Crippen LogP contribution is 2.40. The van der Waals surface area contributed by atoms with Crippen LogP contribution in [-0.4, -0.2) is 29.6 Å². The molecular formula is C18H29N3. The van der Waals surface area contributed by atoms with E-state index >= 15 is 0 Å². The van der Waals surface area contributed by atoms with Crippen LogP contribution in [0.15, 0.2) is 30.3 Å². The van der Waals surface area contributed by atoms with Crippen molar-refractivity contribution in [3.05, 3.63) is 35.9 Å². The predicted octanol–water partition coefficient (Wildman–Crippen LogP) is 2.86. The molecule has 21 heavy (non-hydrogen) atoms. The highest BCUT2D eigenvalue weighted by molar-refractivity contribution is 5.18. The number of hydrogen-bond donors (Lipinski definition) is 2. The summed E-state index contributed by atoms with van der Waals surface area (Å²) in [6.07, 6.45) is 10.4. The molecule has 1 heterocycles. The summed E-state index contributed by atoms with van der Waals surface area (Å²) < 4.78 is 0. The van der Waals surface area contributed by atoms with E-state index in [4.69, 9.17) is 5.84 Å². The number of nitrogens with zero attached hydrogens (tertiary/aromatic N) is 1. The molecule has 3 N–H and O–H groups in total. The molecule has 1 saturated carbocycles. The Balaban J connectivity index is 1.80. The Morgan fingerprint density at radius 2 is 1.67 bits per heavy atom. The van der Waals surface area contributed by atoms with Crippen molar-refractivity contribution in [1.29, 1.82) is 0 Å². The van der Waals surface area contributed by atoms with Crippen LogP contribution in [0.4, 0.5) is 0 Å². The van der Waals surface area contributed by atoms with E-state index in [1.54, 1.807) is 0 Å². The summed E-state index contributed by atoms with van der Waals surface area (Å²) in [5.74, 6) is 6.02. The topological polar surface area (TPSA) is 41.3 Å². The third kappa shape index (κ3) is 3.15. The van der Waals surface area contributed by atoms with Crippen molar-refractivity contribution in [3.63, 3.8) is 0 Å². The zero-order valence-corrected chi connectivity index (χ0v) is 13.1. The second kappa shape index (κ2) is 6.91. The van der Waals surface area contributed by atoms with E-state index in [-0.39, 0.29) is 5.54 Å². The van der Waals surface area contributed by atoms with Gasteiger partial charge in [-0.1, -0.05) is 49.6 Å². The Morgan fingerprint density at radius 1 is 1.00 bits per heavy atom. The normalized spacial score (nSPS) is 24.0. The molecule has 1 saturated heterocycles. The third-order valence-corrected chi connectivity index (χ3v) is 5.59. The van der Waals surface area contributed by atoms with Gasteiger partial charge in [0.1, 0.15) is 0 Å². The lowest BCUT2D eigenvalue weighted by molar-refractivity contribution is 0.0366. The molecule has 0 aromatic heterocycles. The molecule has 3 heteroatoms. The Hall–Kier alpha value is -0.900. The fourth-order valence-electron chi connectivity index (χ4n) is 4.47. The maximum atomic E-state index is 6.02. The number of hydrazine groups is 1. The molecule has 2 aliphatic rings.